The molecule has 0 bridgehead atoms. The van der Waals surface area contributed by atoms with Gasteiger partial charge in [0.05, 0.1) is 12.8 Å². The van der Waals surface area contributed by atoms with Crippen molar-refractivity contribution in [2.24, 2.45) is 17.8 Å². The molecule has 0 aromatic heterocycles. The Hall–Kier alpha value is -1.71. The van der Waals surface area contributed by atoms with Gasteiger partial charge in [-0.25, -0.2) is 0 Å². The normalized spacial score (nSPS) is 11.2. The van der Waals surface area contributed by atoms with Crippen molar-refractivity contribution in [3.63, 3.8) is 0 Å². The zero-order valence-electron chi connectivity index (χ0n) is 13.1. The lowest BCUT2D eigenvalue weighted by Gasteiger charge is -2.25. The molecule has 1 rings (SSSR count). The van der Waals surface area contributed by atoms with Crippen LogP contribution in [-0.2, 0) is 0 Å². The molecule has 0 radical (unpaired) electrons. The molecule has 20 heavy (non-hydrogen) atoms. The number of methoxy groups -OCH3 is 1. The van der Waals surface area contributed by atoms with E-state index in [1.165, 1.54) is 0 Å². The minimum atomic E-state index is -0.0883. The van der Waals surface area contributed by atoms with E-state index in [-0.39, 0.29) is 5.91 Å². The van der Waals surface area contributed by atoms with Crippen molar-refractivity contribution in [3.8, 4) is 5.75 Å². The SMILES string of the molecule is COc1cc(C(=O)NCC(C(C)C)C(C)C)ccc1N. The molecule has 0 unspecified atom stereocenters. The Morgan fingerprint density at radius 2 is 1.85 bits per heavy atom. The number of anilines is 1. The Balaban J connectivity index is 2.72. The molecule has 0 spiro atoms. The predicted octanol–water partition coefficient (Wildman–Crippen LogP) is 2.94. The maximum absolute atomic E-state index is 12.2. The molecule has 0 aliphatic rings. The van der Waals surface area contributed by atoms with Crippen LogP contribution in [0.15, 0.2) is 18.2 Å². The lowest BCUT2D eigenvalue weighted by Crippen LogP contribution is -2.33. The molecule has 0 saturated heterocycles. The van der Waals surface area contributed by atoms with Crippen LogP contribution in [0, 0.1) is 17.8 Å². The molecule has 1 aromatic rings. The molecule has 0 aliphatic carbocycles. The van der Waals surface area contributed by atoms with Gasteiger partial charge < -0.3 is 15.8 Å². The first-order chi connectivity index (χ1) is 9.36. The Bertz CT molecular complexity index is 448. The van der Waals surface area contributed by atoms with Gasteiger partial charge in [-0.3, -0.25) is 4.79 Å². The van der Waals surface area contributed by atoms with E-state index < -0.39 is 0 Å². The van der Waals surface area contributed by atoms with Crippen molar-refractivity contribution in [1.82, 2.24) is 5.32 Å². The maximum atomic E-state index is 12.2. The predicted molar refractivity (Wildman–Crippen MR) is 82.9 cm³/mol. The fourth-order valence-electron chi connectivity index (χ4n) is 2.41. The zero-order valence-corrected chi connectivity index (χ0v) is 13.1. The topological polar surface area (TPSA) is 64.3 Å². The van der Waals surface area contributed by atoms with Crippen LogP contribution >= 0.6 is 0 Å². The highest BCUT2D eigenvalue weighted by Gasteiger charge is 2.18. The molecular weight excluding hydrogens is 252 g/mol. The summed E-state index contributed by atoms with van der Waals surface area (Å²) in [6.07, 6.45) is 0. The van der Waals surface area contributed by atoms with Gasteiger partial charge in [-0.2, -0.15) is 0 Å². The van der Waals surface area contributed by atoms with Gasteiger partial charge >= 0.3 is 0 Å². The van der Waals surface area contributed by atoms with E-state index in [9.17, 15) is 4.79 Å². The molecule has 1 aromatic carbocycles. The Morgan fingerprint density at radius 1 is 1.25 bits per heavy atom. The Kier molecular flexibility index (Phi) is 5.86. The van der Waals surface area contributed by atoms with Gasteiger partial charge in [0.1, 0.15) is 5.75 Å². The van der Waals surface area contributed by atoms with Crippen molar-refractivity contribution in [1.29, 1.82) is 0 Å². The first kappa shape index (κ1) is 16.3. The number of nitrogen functional groups attached to an aromatic ring is 1. The number of ether oxygens (including phenoxy) is 1. The lowest BCUT2D eigenvalue weighted by atomic mass is 9.85. The van der Waals surface area contributed by atoms with Gasteiger partial charge in [0.2, 0.25) is 0 Å². The van der Waals surface area contributed by atoms with E-state index in [1.54, 1.807) is 25.3 Å². The van der Waals surface area contributed by atoms with Crippen molar-refractivity contribution >= 4 is 11.6 Å². The second-order valence-corrected chi connectivity index (χ2v) is 5.82. The van der Waals surface area contributed by atoms with Gasteiger partial charge in [0, 0.05) is 12.1 Å². The van der Waals surface area contributed by atoms with E-state index in [4.69, 9.17) is 10.5 Å². The fraction of sp³-hybridized carbons (Fsp3) is 0.562. The second kappa shape index (κ2) is 7.17. The number of nitrogens with two attached hydrogens (primary N) is 1. The number of hydrogen-bond acceptors (Lipinski definition) is 3. The van der Waals surface area contributed by atoms with E-state index in [0.29, 0.717) is 41.3 Å². The summed E-state index contributed by atoms with van der Waals surface area (Å²) in [6, 6.07) is 5.08. The summed E-state index contributed by atoms with van der Waals surface area (Å²) in [5.41, 5.74) is 6.85. The van der Waals surface area contributed by atoms with E-state index in [2.05, 4.69) is 33.0 Å². The quantitative estimate of drug-likeness (QED) is 0.786. The molecule has 4 nitrogen and oxygen atoms in total. The smallest absolute Gasteiger partial charge is 0.251 e. The highest BCUT2D eigenvalue weighted by Crippen LogP contribution is 2.23. The largest absolute Gasteiger partial charge is 0.495 e. The molecule has 0 atom stereocenters. The van der Waals surface area contributed by atoms with Crippen molar-refractivity contribution < 1.29 is 9.53 Å². The summed E-state index contributed by atoms with van der Waals surface area (Å²) in [6.45, 7) is 9.42. The fourth-order valence-corrected chi connectivity index (χ4v) is 2.41. The third-order valence-electron chi connectivity index (χ3n) is 3.71. The van der Waals surface area contributed by atoms with Crippen LogP contribution in [0.25, 0.3) is 0 Å². The van der Waals surface area contributed by atoms with Crippen LogP contribution in [-0.4, -0.2) is 19.6 Å². The van der Waals surface area contributed by atoms with Gasteiger partial charge in [0.15, 0.2) is 0 Å². The van der Waals surface area contributed by atoms with E-state index >= 15 is 0 Å². The first-order valence-corrected chi connectivity index (χ1v) is 7.08. The van der Waals surface area contributed by atoms with Crippen LogP contribution in [0.1, 0.15) is 38.1 Å². The van der Waals surface area contributed by atoms with E-state index in [1.807, 2.05) is 0 Å². The molecule has 1 amide bonds. The molecule has 0 heterocycles. The minimum Gasteiger partial charge on any atom is -0.495 e. The summed E-state index contributed by atoms with van der Waals surface area (Å²) in [5.74, 6) is 1.98. The van der Waals surface area contributed by atoms with Crippen molar-refractivity contribution in [3.05, 3.63) is 23.8 Å². The summed E-state index contributed by atoms with van der Waals surface area (Å²) in [5, 5.41) is 3.00. The number of benzene rings is 1. The van der Waals surface area contributed by atoms with Crippen LogP contribution in [0.2, 0.25) is 0 Å². The third-order valence-corrected chi connectivity index (χ3v) is 3.71. The zero-order chi connectivity index (χ0) is 15.3. The Morgan fingerprint density at radius 3 is 2.35 bits per heavy atom. The van der Waals surface area contributed by atoms with Crippen molar-refractivity contribution in [2.75, 3.05) is 19.4 Å². The average molecular weight is 278 g/mol. The molecular formula is C16H26N2O2. The molecule has 4 heteroatoms. The second-order valence-electron chi connectivity index (χ2n) is 5.82. The molecule has 0 aliphatic heterocycles. The van der Waals surface area contributed by atoms with Gasteiger partial charge in [-0.15, -0.1) is 0 Å². The number of carbonyl (C=O) groups excluding carboxylic acids is 1. The molecule has 0 fully saturated rings. The number of hydrogen-bond donors (Lipinski definition) is 2. The average Bonchev–Trinajstić information content (AvgIpc) is 2.38. The third kappa shape index (κ3) is 4.15. The summed E-state index contributed by atoms with van der Waals surface area (Å²) >= 11 is 0. The number of nitrogens with one attached hydrogen (secondary N) is 1. The van der Waals surface area contributed by atoms with Crippen molar-refractivity contribution in [2.45, 2.75) is 27.7 Å². The molecule has 112 valence electrons. The maximum Gasteiger partial charge on any atom is 0.251 e. The van der Waals surface area contributed by atoms with E-state index in [0.717, 1.165) is 0 Å². The van der Waals surface area contributed by atoms with Crippen LogP contribution in [0.3, 0.4) is 0 Å². The highest BCUT2D eigenvalue weighted by atomic mass is 16.5. The summed E-state index contributed by atoms with van der Waals surface area (Å²) in [7, 11) is 1.54. The van der Waals surface area contributed by atoms with Gasteiger partial charge in [0.25, 0.3) is 5.91 Å². The first-order valence-electron chi connectivity index (χ1n) is 7.08. The standard InChI is InChI=1S/C16H26N2O2/c1-10(2)13(11(3)4)9-18-16(19)12-6-7-14(17)15(8-12)20-5/h6-8,10-11,13H,9,17H2,1-5H3,(H,18,19). The van der Waals surface area contributed by atoms with Gasteiger partial charge in [-0.1, -0.05) is 27.7 Å². The lowest BCUT2D eigenvalue weighted by molar-refractivity contribution is 0.0937. The van der Waals surface area contributed by atoms with Gasteiger partial charge in [-0.05, 0) is 36.0 Å². The molecule has 3 N–H and O–H groups in total. The monoisotopic (exact) mass is 278 g/mol. The number of rotatable bonds is 6. The van der Waals surface area contributed by atoms with Crippen LogP contribution in [0.5, 0.6) is 5.75 Å². The highest BCUT2D eigenvalue weighted by molar-refractivity contribution is 5.95. The Labute approximate surface area is 121 Å². The summed E-state index contributed by atoms with van der Waals surface area (Å²) < 4.78 is 5.13. The summed E-state index contributed by atoms with van der Waals surface area (Å²) in [4.78, 5) is 12.2. The molecule has 0 saturated carbocycles. The number of carbonyl (C=O) groups is 1. The minimum absolute atomic E-state index is 0.0883. The van der Waals surface area contributed by atoms with Crippen LogP contribution < -0.4 is 15.8 Å². The number of amides is 1. The van der Waals surface area contributed by atoms with Crippen LogP contribution in [0.4, 0.5) is 5.69 Å².